The number of rotatable bonds is 4. The average Bonchev–Trinajstić information content (AvgIpc) is 2.64. The first-order chi connectivity index (χ1) is 11.7. The van der Waals surface area contributed by atoms with Gasteiger partial charge in [0, 0.05) is 11.8 Å². The summed E-state index contributed by atoms with van der Waals surface area (Å²) in [5.41, 5.74) is 1.69. The van der Waals surface area contributed by atoms with Gasteiger partial charge in [-0.05, 0) is 17.7 Å². The zero-order chi connectivity index (χ0) is 17.2. The number of alkyl carbamates (subject to hydrolysis) is 1. The number of methoxy groups -OCH3 is 1. The Kier molecular flexibility index (Phi) is 6.35. The third-order valence-corrected chi connectivity index (χ3v) is 2.92. The van der Waals surface area contributed by atoms with Crippen LogP contribution in [0.15, 0.2) is 48.7 Å². The Morgan fingerprint density at radius 1 is 1.21 bits per heavy atom. The summed E-state index contributed by atoms with van der Waals surface area (Å²) in [6.07, 6.45) is 0.927. The van der Waals surface area contributed by atoms with Crippen molar-refractivity contribution in [2.24, 2.45) is 0 Å². The van der Waals surface area contributed by atoms with E-state index in [1.165, 1.54) is 19.4 Å². The number of hydrogen-bond acceptors (Lipinski definition) is 5. The van der Waals surface area contributed by atoms with Crippen molar-refractivity contribution in [1.29, 1.82) is 0 Å². The van der Waals surface area contributed by atoms with Gasteiger partial charge >= 0.3 is 12.1 Å². The minimum absolute atomic E-state index is 0.128. The molecule has 0 spiro atoms. The van der Waals surface area contributed by atoms with Gasteiger partial charge in [0.1, 0.15) is 12.3 Å². The molecule has 1 heterocycles. The van der Waals surface area contributed by atoms with Gasteiger partial charge in [-0.25, -0.2) is 14.6 Å². The molecule has 0 unspecified atom stereocenters. The number of esters is 1. The fourth-order valence-corrected chi connectivity index (χ4v) is 1.76. The Bertz CT molecular complexity index is 763. The van der Waals surface area contributed by atoms with Crippen molar-refractivity contribution in [2.75, 3.05) is 13.7 Å². The zero-order valence-corrected chi connectivity index (χ0v) is 13.1. The minimum Gasteiger partial charge on any atom is -0.464 e. The molecule has 1 aromatic heterocycles. The van der Waals surface area contributed by atoms with Crippen LogP contribution in [0.4, 0.5) is 4.79 Å². The van der Waals surface area contributed by atoms with E-state index in [1.807, 2.05) is 30.3 Å². The number of hydrogen-bond donors (Lipinski definition) is 1. The van der Waals surface area contributed by atoms with Gasteiger partial charge in [0.15, 0.2) is 0 Å². The van der Waals surface area contributed by atoms with E-state index >= 15 is 0 Å². The summed E-state index contributed by atoms with van der Waals surface area (Å²) >= 11 is 0. The molecule has 2 rings (SSSR count). The molecule has 0 bridgehead atoms. The smallest absolute Gasteiger partial charge is 0.408 e. The normalized spacial score (nSPS) is 9.38. The van der Waals surface area contributed by atoms with Gasteiger partial charge in [0.05, 0.1) is 13.7 Å². The molecule has 0 fully saturated rings. The van der Waals surface area contributed by atoms with Crippen molar-refractivity contribution in [1.82, 2.24) is 10.3 Å². The van der Waals surface area contributed by atoms with Crippen molar-refractivity contribution in [3.8, 4) is 11.8 Å². The van der Waals surface area contributed by atoms with E-state index in [-0.39, 0.29) is 18.8 Å². The fourth-order valence-electron chi connectivity index (χ4n) is 1.76. The molecule has 1 aromatic carbocycles. The molecule has 1 N–H and O–H groups in total. The second-order valence-electron chi connectivity index (χ2n) is 4.64. The van der Waals surface area contributed by atoms with Crippen molar-refractivity contribution < 1.29 is 19.1 Å². The first-order valence-corrected chi connectivity index (χ1v) is 7.17. The summed E-state index contributed by atoms with van der Waals surface area (Å²) in [4.78, 5) is 26.8. The highest BCUT2D eigenvalue weighted by Gasteiger charge is 2.06. The first-order valence-electron chi connectivity index (χ1n) is 7.17. The van der Waals surface area contributed by atoms with Crippen LogP contribution in [0.1, 0.15) is 21.6 Å². The number of nitrogens with one attached hydrogen (secondary N) is 1. The highest BCUT2D eigenvalue weighted by molar-refractivity contribution is 5.87. The summed E-state index contributed by atoms with van der Waals surface area (Å²) < 4.78 is 9.65. The van der Waals surface area contributed by atoms with Gasteiger partial charge < -0.3 is 14.8 Å². The van der Waals surface area contributed by atoms with Crippen LogP contribution in [0, 0.1) is 11.8 Å². The maximum absolute atomic E-state index is 11.5. The second-order valence-corrected chi connectivity index (χ2v) is 4.64. The summed E-state index contributed by atoms with van der Waals surface area (Å²) in [6, 6.07) is 12.6. The monoisotopic (exact) mass is 324 g/mol. The standard InChI is InChI=1S/C18H16N2O4/c1-23-17(21)16-12-14(9-11-19-16)8-5-10-20-18(22)24-13-15-6-3-2-4-7-15/h2-4,6-7,9,11-12H,10,13H2,1H3,(H,20,22). The largest absolute Gasteiger partial charge is 0.464 e. The van der Waals surface area contributed by atoms with Crippen LogP contribution in [0.3, 0.4) is 0 Å². The Hall–Kier alpha value is -3.33. The summed E-state index contributed by atoms with van der Waals surface area (Å²) in [5.74, 6) is 5.07. The molecule has 24 heavy (non-hydrogen) atoms. The lowest BCUT2D eigenvalue weighted by Gasteiger charge is -2.04. The van der Waals surface area contributed by atoms with Crippen molar-refractivity contribution in [2.45, 2.75) is 6.61 Å². The van der Waals surface area contributed by atoms with E-state index < -0.39 is 12.1 Å². The van der Waals surface area contributed by atoms with Gasteiger partial charge in [-0.1, -0.05) is 42.2 Å². The second kappa shape index (κ2) is 8.96. The molecule has 0 aliphatic carbocycles. The third-order valence-electron chi connectivity index (χ3n) is 2.92. The number of benzene rings is 1. The molecule has 6 heteroatoms. The molecule has 0 saturated carbocycles. The molecule has 0 atom stereocenters. The van der Waals surface area contributed by atoms with Crippen molar-refractivity contribution in [3.05, 3.63) is 65.5 Å². The van der Waals surface area contributed by atoms with Crippen LogP contribution in [-0.2, 0) is 16.1 Å². The lowest BCUT2D eigenvalue weighted by Crippen LogP contribution is -2.24. The summed E-state index contributed by atoms with van der Waals surface area (Å²) in [6.45, 7) is 0.330. The Morgan fingerprint density at radius 3 is 2.75 bits per heavy atom. The molecule has 0 aliphatic rings. The quantitative estimate of drug-likeness (QED) is 0.689. The third kappa shape index (κ3) is 5.46. The van der Waals surface area contributed by atoms with Crippen LogP contribution in [0.25, 0.3) is 0 Å². The molecular formula is C18H16N2O4. The van der Waals surface area contributed by atoms with Gasteiger partial charge in [0.2, 0.25) is 0 Å². The summed E-state index contributed by atoms with van der Waals surface area (Å²) in [5, 5.41) is 2.53. The van der Waals surface area contributed by atoms with E-state index in [0.29, 0.717) is 5.56 Å². The SMILES string of the molecule is COC(=O)c1cc(C#CCNC(=O)OCc2ccccc2)ccn1. The lowest BCUT2D eigenvalue weighted by atomic mass is 10.2. The number of ether oxygens (including phenoxy) is 2. The van der Waals surface area contributed by atoms with Crippen LogP contribution in [0.5, 0.6) is 0 Å². The lowest BCUT2D eigenvalue weighted by molar-refractivity contribution is 0.0594. The van der Waals surface area contributed by atoms with E-state index in [1.54, 1.807) is 6.07 Å². The van der Waals surface area contributed by atoms with Gasteiger partial charge in [-0.2, -0.15) is 0 Å². The molecule has 0 saturated heterocycles. The van der Waals surface area contributed by atoms with Gasteiger partial charge in [-0.3, -0.25) is 0 Å². The maximum atomic E-state index is 11.5. The number of pyridine rings is 1. The van der Waals surface area contributed by atoms with Crippen LogP contribution in [-0.4, -0.2) is 30.7 Å². The molecule has 2 aromatic rings. The molecule has 6 nitrogen and oxygen atoms in total. The van der Waals surface area contributed by atoms with E-state index in [9.17, 15) is 9.59 Å². The Morgan fingerprint density at radius 2 is 2.00 bits per heavy atom. The highest BCUT2D eigenvalue weighted by atomic mass is 16.5. The van der Waals surface area contributed by atoms with E-state index in [4.69, 9.17) is 4.74 Å². The zero-order valence-electron chi connectivity index (χ0n) is 13.1. The van der Waals surface area contributed by atoms with Crippen molar-refractivity contribution in [3.63, 3.8) is 0 Å². The van der Waals surface area contributed by atoms with Crippen LogP contribution >= 0.6 is 0 Å². The number of carbonyl (C=O) groups excluding carboxylic acids is 2. The molecule has 0 radical (unpaired) electrons. The predicted octanol–water partition coefficient (Wildman–Crippen LogP) is 2.15. The molecule has 0 aliphatic heterocycles. The number of amides is 1. The molecular weight excluding hydrogens is 308 g/mol. The maximum Gasteiger partial charge on any atom is 0.408 e. The highest BCUT2D eigenvalue weighted by Crippen LogP contribution is 2.02. The first kappa shape index (κ1) is 17.0. The number of aromatic nitrogens is 1. The number of carbonyl (C=O) groups is 2. The van der Waals surface area contributed by atoms with Crippen molar-refractivity contribution >= 4 is 12.1 Å². The number of nitrogens with zero attached hydrogens (tertiary/aromatic N) is 1. The molecule has 122 valence electrons. The topological polar surface area (TPSA) is 77.5 Å². The van der Waals surface area contributed by atoms with E-state index in [2.05, 4.69) is 26.9 Å². The van der Waals surface area contributed by atoms with E-state index in [0.717, 1.165) is 5.56 Å². The minimum atomic E-state index is -0.543. The fraction of sp³-hybridized carbons (Fsp3) is 0.167. The Balaban J connectivity index is 1.79. The Labute approximate surface area is 139 Å². The van der Waals surface area contributed by atoms with Crippen LogP contribution < -0.4 is 5.32 Å². The average molecular weight is 324 g/mol. The van der Waals surface area contributed by atoms with Crippen LogP contribution in [0.2, 0.25) is 0 Å². The summed E-state index contributed by atoms with van der Waals surface area (Å²) in [7, 11) is 1.29. The van der Waals surface area contributed by atoms with Gasteiger partial charge in [-0.15, -0.1) is 0 Å². The molecule has 1 amide bonds. The van der Waals surface area contributed by atoms with Gasteiger partial charge in [0.25, 0.3) is 0 Å². The predicted molar refractivity (Wildman–Crippen MR) is 87.1 cm³/mol.